The Balaban J connectivity index is 2.23. The standard InChI is InChI=1S/C15H11BrFNO/c1-19-12-3-5-14-10(8-12)6-7-18(14)15-9-11(16)2-4-13(15)17/h2-9H,1H3. The number of methoxy groups -OCH3 is 1. The first kappa shape index (κ1) is 12.2. The number of aromatic nitrogens is 1. The monoisotopic (exact) mass is 319 g/mol. The fraction of sp³-hybridized carbons (Fsp3) is 0.0667. The van der Waals surface area contributed by atoms with Crippen molar-refractivity contribution in [3.8, 4) is 11.4 Å². The maximum Gasteiger partial charge on any atom is 0.147 e. The van der Waals surface area contributed by atoms with Crippen LogP contribution in [0.3, 0.4) is 0 Å². The van der Waals surface area contributed by atoms with E-state index in [-0.39, 0.29) is 5.82 Å². The van der Waals surface area contributed by atoms with Crippen molar-refractivity contribution in [2.75, 3.05) is 7.11 Å². The molecule has 0 amide bonds. The Hall–Kier alpha value is -1.81. The van der Waals surface area contributed by atoms with Gasteiger partial charge in [-0.3, -0.25) is 0 Å². The molecule has 3 aromatic rings. The van der Waals surface area contributed by atoms with Crippen LogP contribution < -0.4 is 4.74 Å². The van der Waals surface area contributed by atoms with Crippen LogP contribution in [0.15, 0.2) is 53.1 Å². The molecule has 0 aliphatic rings. The predicted octanol–water partition coefficient (Wildman–Crippen LogP) is 4.54. The molecular weight excluding hydrogens is 309 g/mol. The summed E-state index contributed by atoms with van der Waals surface area (Å²) in [4.78, 5) is 0. The van der Waals surface area contributed by atoms with Gasteiger partial charge in [0.05, 0.1) is 18.3 Å². The lowest BCUT2D eigenvalue weighted by molar-refractivity contribution is 0.415. The smallest absolute Gasteiger partial charge is 0.147 e. The van der Waals surface area contributed by atoms with Crippen LogP contribution in [0.4, 0.5) is 4.39 Å². The summed E-state index contributed by atoms with van der Waals surface area (Å²) < 4.78 is 21.8. The van der Waals surface area contributed by atoms with Crippen molar-refractivity contribution in [2.45, 2.75) is 0 Å². The van der Waals surface area contributed by atoms with Crippen LogP contribution in [-0.4, -0.2) is 11.7 Å². The van der Waals surface area contributed by atoms with Crippen molar-refractivity contribution in [1.82, 2.24) is 4.57 Å². The summed E-state index contributed by atoms with van der Waals surface area (Å²) >= 11 is 3.37. The summed E-state index contributed by atoms with van der Waals surface area (Å²) in [6, 6.07) is 12.6. The van der Waals surface area contributed by atoms with Crippen LogP contribution in [0.25, 0.3) is 16.6 Å². The number of fused-ring (bicyclic) bond motifs is 1. The highest BCUT2D eigenvalue weighted by Crippen LogP contribution is 2.27. The zero-order valence-electron chi connectivity index (χ0n) is 10.2. The van der Waals surface area contributed by atoms with Gasteiger partial charge in [-0.15, -0.1) is 0 Å². The molecule has 2 aromatic carbocycles. The molecule has 0 saturated carbocycles. The summed E-state index contributed by atoms with van der Waals surface area (Å²) in [5.74, 6) is 0.538. The van der Waals surface area contributed by atoms with Gasteiger partial charge >= 0.3 is 0 Å². The fourth-order valence-electron chi connectivity index (χ4n) is 2.13. The first-order valence-corrected chi connectivity index (χ1v) is 6.59. The zero-order chi connectivity index (χ0) is 13.4. The van der Waals surface area contributed by atoms with E-state index in [4.69, 9.17) is 4.74 Å². The second-order valence-electron chi connectivity index (χ2n) is 4.21. The lowest BCUT2D eigenvalue weighted by Crippen LogP contribution is -1.96. The van der Waals surface area contributed by atoms with E-state index in [1.807, 2.05) is 35.0 Å². The van der Waals surface area contributed by atoms with Crippen molar-refractivity contribution in [1.29, 1.82) is 0 Å². The molecular formula is C15H11BrFNO. The molecule has 0 bridgehead atoms. The van der Waals surface area contributed by atoms with E-state index < -0.39 is 0 Å². The van der Waals surface area contributed by atoms with E-state index >= 15 is 0 Å². The molecule has 96 valence electrons. The fourth-order valence-corrected chi connectivity index (χ4v) is 2.48. The van der Waals surface area contributed by atoms with Crippen LogP contribution in [-0.2, 0) is 0 Å². The highest BCUT2D eigenvalue weighted by atomic mass is 79.9. The van der Waals surface area contributed by atoms with Gasteiger partial charge in [0, 0.05) is 16.1 Å². The number of ether oxygens (including phenoxy) is 1. The summed E-state index contributed by atoms with van der Waals surface area (Å²) in [6.07, 6.45) is 1.86. The lowest BCUT2D eigenvalue weighted by atomic mass is 10.2. The Morgan fingerprint density at radius 3 is 2.74 bits per heavy atom. The Morgan fingerprint density at radius 1 is 1.11 bits per heavy atom. The van der Waals surface area contributed by atoms with Crippen LogP contribution in [0.5, 0.6) is 5.75 Å². The molecule has 0 saturated heterocycles. The minimum atomic E-state index is -0.253. The van der Waals surface area contributed by atoms with E-state index in [1.54, 1.807) is 19.2 Å². The molecule has 1 heterocycles. The first-order valence-electron chi connectivity index (χ1n) is 5.79. The molecule has 0 spiro atoms. The molecule has 0 atom stereocenters. The Bertz CT molecular complexity index is 751. The quantitative estimate of drug-likeness (QED) is 0.676. The van der Waals surface area contributed by atoms with Gasteiger partial charge in [0.25, 0.3) is 0 Å². The highest BCUT2D eigenvalue weighted by Gasteiger charge is 2.09. The average Bonchev–Trinajstić information content (AvgIpc) is 2.84. The third-order valence-electron chi connectivity index (χ3n) is 3.07. The second-order valence-corrected chi connectivity index (χ2v) is 5.12. The zero-order valence-corrected chi connectivity index (χ0v) is 11.8. The number of hydrogen-bond acceptors (Lipinski definition) is 1. The van der Waals surface area contributed by atoms with E-state index in [1.165, 1.54) is 6.07 Å². The summed E-state index contributed by atoms with van der Waals surface area (Å²) in [5, 5.41) is 1.01. The van der Waals surface area contributed by atoms with Gasteiger partial charge in [0.2, 0.25) is 0 Å². The van der Waals surface area contributed by atoms with Gasteiger partial charge < -0.3 is 9.30 Å². The van der Waals surface area contributed by atoms with Crippen LogP contribution in [0.1, 0.15) is 0 Å². The molecule has 4 heteroatoms. The number of nitrogens with zero attached hydrogens (tertiary/aromatic N) is 1. The predicted molar refractivity (Wildman–Crippen MR) is 77.5 cm³/mol. The Labute approximate surface area is 118 Å². The number of benzene rings is 2. The van der Waals surface area contributed by atoms with Crippen LogP contribution in [0, 0.1) is 5.82 Å². The minimum absolute atomic E-state index is 0.253. The van der Waals surface area contributed by atoms with Crippen molar-refractivity contribution in [2.24, 2.45) is 0 Å². The molecule has 0 fully saturated rings. The van der Waals surface area contributed by atoms with Crippen molar-refractivity contribution < 1.29 is 9.13 Å². The van der Waals surface area contributed by atoms with Gasteiger partial charge in [-0.05, 0) is 42.5 Å². The van der Waals surface area contributed by atoms with Crippen molar-refractivity contribution in [3.63, 3.8) is 0 Å². The molecule has 1 aromatic heterocycles. The third kappa shape index (κ3) is 2.12. The van der Waals surface area contributed by atoms with E-state index in [0.29, 0.717) is 5.69 Å². The van der Waals surface area contributed by atoms with Gasteiger partial charge in [0.15, 0.2) is 0 Å². The third-order valence-corrected chi connectivity index (χ3v) is 3.56. The number of halogens is 2. The lowest BCUT2D eigenvalue weighted by Gasteiger charge is -2.08. The molecule has 0 aliphatic heterocycles. The molecule has 0 unspecified atom stereocenters. The summed E-state index contributed by atoms with van der Waals surface area (Å²) in [7, 11) is 1.63. The van der Waals surface area contributed by atoms with Crippen molar-refractivity contribution >= 4 is 26.8 Å². The van der Waals surface area contributed by atoms with Gasteiger partial charge in [-0.1, -0.05) is 15.9 Å². The second kappa shape index (κ2) is 4.70. The highest BCUT2D eigenvalue weighted by molar-refractivity contribution is 9.10. The van der Waals surface area contributed by atoms with Gasteiger partial charge in [-0.2, -0.15) is 0 Å². The maximum absolute atomic E-state index is 13.9. The molecule has 3 rings (SSSR count). The number of hydrogen-bond donors (Lipinski definition) is 0. The average molecular weight is 320 g/mol. The molecule has 2 nitrogen and oxygen atoms in total. The van der Waals surface area contributed by atoms with E-state index in [0.717, 1.165) is 21.1 Å². The maximum atomic E-state index is 13.9. The van der Waals surface area contributed by atoms with E-state index in [9.17, 15) is 4.39 Å². The normalized spacial score (nSPS) is 10.9. The van der Waals surface area contributed by atoms with Crippen LogP contribution in [0.2, 0.25) is 0 Å². The van der Waals surface area contributed by atoms with Gasteiger partial charge in [0.1, 0.15) is 11.6 Å². The van der Waals surface area contributed by atoms with Crippen molar-refractivity contribution in [3.05, 3.63) is 59.0 Å². The molecule has 0 N–H and O–H groups in total. The number of rotatable bonds is 2. The minimum Gasteiger partial charge on any atom is -0.497 e. The Kier molecular flexibility index (Phi) is 3.03. The summed E-state index contributed by atoms with van der Waals surface area (Å²) in [6.45, 7) is 0. The molecule has 0 aliphatic carbocycles. The van der Waals surface area contributed by atoms with E-state index in [2.05, 4.69) is 15.9 Å². The first-order chi connectivity index (χ1) is 9.19. The SMILES string of the molecule is COc1ccc2c(ccn2-c2cc(Br)ccc2F)c1. The molecule has 0 radical (unpaired) electrons. The van der Waals surface area contributed by atoms with Crippen LogP contribution >= 0.6 is 15.9 Å². The Morgan fingerprint density at radius 2 is 1.95 bits per heavy atom. The summed E-state index contributed by atoms with van der Waals surface area (Å²) in [5.41, 5.74) is 1.47. The topological polar surface area (TPSA) is 14.2 Å². The van der Waals surface area contributed by atoms with Gasteiger partial charge in [-0.25, -0.2) is 4.39 Å². The largest absolute Gasteiger partial charge is 0.497 e. The molecule has 19 heavy (non-hydrogen) atoms.